The van der Waals surface area contributed by atoms with Gasteiger partial charge in [0.1, 0.15) is 11.4 Å². The number of amides is 1. The molecule has 0 bridgehead atoms. The molecule has 0 aliphatic carbocycles. The summed E-state index contributed by atoms with van der Waals surface area (Å²) in [6.45, 7) is 2.55. The van der Waals surface area contributed by atoms with Crippen molar-refractivity contribution in [2.45, 2.75) is 6.92 Å². The van der Waals surface area contributed by atoms with E-state index in [-0.39, 0.29) is 0 Å². The summed E-state index contributed by atoms with van der Waals surface area (Å²) in [5.74, 6) is 5.53. The normalized spacial score (nSPS) is 10.0. The lowest BCUT2D eigenvalue weighted by Gasteiger charge is -2.08. The van der Waals surface area contributed by atoms with Gasteiger partial charge in [0.05, 0.1) is 6.61 Å². The van der Waals surface area contributed by atoms with Crippen molar-refractivity contribution in [3.63, 3.8) is 0 Å². The van der Waals surface area contributed by atoms with Crippen LogP contribution in [0.2, 0.25) is 0 Å². The lowest BCUT2D eigenvalue weighted by molar-refractivity contribution is 0.0949. The van der Waals surface area contributed by atoms with E-state index in [9.17, 15) is 4.79 Å². The maximum absolute atomic E-state index is 11.7. The Kier molecular flexibility index (Phi) is 4.10. The molecule has 0 saturated heterocycles. The molecule has 3 N–H and O–H groups in total. The minimum absolute atomic E-state index is 0.300. The van der Waals surface area contributed by atoms with Crippen LogP contribution in [0.25, 0.3) is 11.1 Å². The number of pyridine rings is 1. The second kappa shape index (κ2) is 5.97. The van der Waals surface area contributed by atoms with E-state index in [1.54, 1.807) is 12.3 Å². The van der Waals surface area contributed by atoms with Gasteiger partial charge in [-0.05, 0) is 30.7 Å². The molecule has 0 aliphatic heterocycles. The van der Waals surface area contributed by atoms with Gasteiger partial charge >= 0.3 is 0 Å². The first kappa shape index (κ1) is 13.0. The molecule has 5 heteroatoms. The summed E-state index contributed by atoms with van der Waals surface area (Å²) in [6.07, 6.45) is 1.56. The monoisotopic (exact) mass is 257 g/mol. The number of ether oxygens (including phenoxy) is 1. The van der Waals surface area contributed by atoms with Gasteiger partial charge in [0.25, 0.3) is 5.91 Å². The summed E-state index contributed by atoms with van der Waals surface area (Å²) in [6, 6.07) is 11.1. The number of hydrogen-bond acceptors (Lipinski definition) is 4. The van der Waals surface area contributed by atoms with Crippen LogP contribution in [0.4, 0.5) is 0 Å². The topological polar surface area (TPSA) is 77.2 Å². The predicted octanol–water partition coefficient (Wildman–Crippen LogP) is 1.75. The Morgan fingerprint density at radius 1 is 1.32 bits per heavy atom. The number of hydrogen-bond donors (Lipinski definition) is 2. The van der Waals surface area contributed by atoms with Crippen LogP contribution in [-0.4, -0.2) is 17.5 Å². The Bertz CT molecular complexity index is 567. The summed E-state index contributed by atoms with van der Waals surface area (Å²) in [5.41, 5.74) is 4.01. The Morgan fingerprint density at radius 3 is 2.68 bits per heavy atom. The van der Waals surface area contributed by atoms with Crippen LogP contribution in [0.15, 0.2) is 42.6 Å². The first-order valence-corrected chi connectivity index (χ1v) is 5.95. The average molecular weight is 257 g/mol. The van der Waals surface area contributed by atoms with Gasteiger partial charge in [0.2, 0.25) is 0 Å². The average Bonchev–Trinajstić information content (AvgIpc) is 2.47. The van der Waals surface area contributed by atoms with Crippen molar-refractivity contribution in [3.8, 4) is 16.9 Å². The number of rotatable bonds is 4. The molecule has 1 heterocycles. The third-order valence-electron chi connectivity index (χ3n) is 2.63. The minimum atomic E-state index is -0.413. The zero-order valence-corrected chi connectivity index (χ0v) is 10.6. The van der Waals surface area contributed by atoms with Gasteiger partial charge in [-0.25, -0.2) is 5.84 Å². The molecule has 0 radical (unpaired) electrons. The molecule has 1 aromatic heterocycles. The van der Waals surface area contributed by atoms with Crippen molar-refractivity contribution in [2.24, 2.45) is 5.84 Å². The van der Waals surface area contributed by atoms with Crippen LogP contribution < -0.4 is 16.0 Å². The van der Waals surface area contributed by atoms with Crippen molar-refractivity contribution in [3.05, 3.63) is 48.3 Å². The van der Waals surface area contributed by atoms with Gasteiger partial charge in [0, 0.05) is 11.8 Å². The van der Waals surface area contributed by atoms with E-state index < -0.39 is 5.91 Å². The Balaban J connectivity index is 2.38. The second-order valence-corrected chi connectivity index (χ2v) is 3.83. The number of nitrogens with two attached hydrogens (primary N) is 1. The number of benzene rings is 1. The Morgan fingerprint density at radius 2 is 2.05 bits per heavy atom. The third kappa shape index (κ3) is 2.89. The second-order valence-electron chi connectivity index (χ2n) is 3.83. The van der Waals surface area contributed by atoms with E-state index in [0.29, 0.717) is 12.3 Å². The number of nitrogens with one attached hydrogen (secondary N) is 1. The molecule has 2 aromatic rings. The van der Waals surface area contributed by atoms with Gasteiger partial charge in [0.15, 0.2) is 0 Å². The standard InChI is InChI=1S/C14H15N3O2/c1-2-19-11-7-5-10(6-8-11)12-4-3-9-16-13(12)14(18)17-15/h3-9H,2,15H2,1H3,(H,17,18). The highest BCUT2D eigenvalue weighted by Crippen LogP contribution is 2.24. The number of aromatic nitrogens is 1. The van der Waals surface area contributed by atoms with E-state index in [2.05, 4.69) is 10.4 Å². The molecule has 0 aliphatic rings. The molecule has 0 fully saturated rings. The van der Waals surface area contributed by atoms with Gasteiger partial charge in [-0.2, -0.15) is 0 Å². The maximum Gasteiger partial charge on any atom is 0.284 e. The van der Waals surface area contributed by atoms with Gasteiger partial charge in [-0.15, -0.1) is 0 Å². The van der Waals surface area contributed by atoms with E-state index in [0.717, 1.165) is 16.9 Å². The number of carbonyl (C=O) groups excluding carboxylic acids is 1. The molecule has 0 unspecified atom stereocenters. The summed E-state index contributed by atoms with van der Waals surface area (Å²) in [5, 5.41) is 0. The summed E-state index contributed by atoms with van der Waals surface area (Å²) < 4.78 is 5.38. The molecule has 2 rings (SSSR count). The number of carbonyl (C=O) groups is 1. The third-order valence-corrected chi connectivity index (χ3v) is 2.63. The Labute approximate surface area is 111 Å². The zero-order chi connectivity index (χ0) is 13.7. The van der Waals surface area contributed by atoms with Crippen LogP contribution in [0, 0.1) is 0 Å². The van der Waals surface area contributed by atoms with Crippen molar-refractivity contribution in [1.29, 1.82) is 0 Å². The number of hydrazine groups is 1. The number of nitrogen functional groups attached to an aromatic ring is 1. The highest BCUT2D eigenvalue weighted by atomic mass is 16.5. The molecule has 1 aromatic carbocycles. The van der Waals surface area contributed by atoms with Crippen molar-refractivity contribution in [1.82, 2.24) is 10.4 Å². The van der Waals surface area contributed by atoms with Gasteiger partial charge in [-0.3, -0.25) is 15.2 Å². The highest BCUT2D eigenvalue weighted by molar-refractivity contribution is 5.98. The maximum atomic E-state index is 11.7. The summed E-state index contributed by atoms with van der Waals surface area (Å²) in [7, 11) is 0. The van der Waals surface area contributed by atoms with Gasteiger partial charge < -0.3 is 4.74 Å². The van der Waals surface area contributed by atoms with Crippen LogP contribution in [0.5, 0.6) is 5.75 Å². The SMILES string of the molecule is CCOc1ccc(-c2cccnc2C(=O)NN)cc1. The van der Waals surface area contributed by atoms with Crippen LogP contribution in [0.3, 0.4) is 0 Å². The number of nitrogens with zero attached hydrogens (tertiary/aromatic N) is 1. The van der Waals surface area contributed by atoms with Crippen molar-refractivity contribution >= 4 is 5.91 Å². The molecule has 19 heavy (non-hydrogen) atoms. The van der Waals surface area contributed by atoms with Crippen molar-refractivity contribution < 1.29 is 9.53 Å². The van der Waals surface area contributed by atoms with Crippen LogP contribution >= 0.6 is 0 Å². The van der Waals surface area contributed by atoms with E-state index in [1.165, 1.54) is 0 Å². The zero-order valence-electron chi connectivity index (χ0n) is 10.6. The molecular weight excluding hydrogens is 242 g/mol. The quantitative estimate of drug-likeness (QED) is 0.497. The molecule has 0 saturated carbocycles. The van der Waals surface area contributed by atoms with Gasteiger partial charge in [-0.1, -0.05) is 18.2 Å². The molecule has 0 spiro atoms. The fourth-order valence-electron chi connectivity index (χ4n) is 1.78. The fraction of sp³-hybridized carbons (Fsp3) is 0.143. The predicted molar refractivity (Wildman–Crippen MR) is 72.5 cm³/mol. The largest absolute Gasteiger partial charge is 0.494 e. The molecular formula is C14H15N3O2. The smallest absolute Gasteiger partial charge is 0.284 e. The Hall–Kier alpha value is -2.40. The first-order valence-electron chi connectivity index (χ1n) is 5.95. The molecule has 1 amide bonds. The van der Waals surface area contributed by atoms with E-state index in [4.69, 9.17) is 10.6 Å². The fourth-order valence-corrected chi connectivity index (χ4v) is 1.78. The minimum Gasteiger partial charge on any atom is -0.494 e. The molecule has 98 valence electrons. The molecule has 5 nitrogen and oxygen atoms in total. The van der Waals surface area contributed by atoms with E-state index in [1.807, 2.05) is 37.3 Å². The first-order chi connectivity index (χ1) is 9.26. The summed E-state index contributed by atoms with van der Waals surface area (Å²) in [4.78, 5) is 15.7. The lowest BCUT2D eigenvalue weighted by atomic mass is 10.0. The van der Waals surface area contributed by atoms with Crippen LogP contribution in [-0.2, 0) is 0 Å². The summed E-state index contributed by atoms with van der Waals surface area (Å²) >= 11 is 0. The highest BCUT2D eigenvalue weighted by Gasteiger charge is 2.12. The van der Waals surface area contributed by atoms with Crippen molar-refractivity contribution in [2.75, 3.05) is 6.61 Å². The van der Waals surface area contributed by atoms with E-state index >= 15 is 0 Å². The molecule has 0 atom stereocenters. The lowest BCUT2D eigenvalue weighted by Crippen LogP contribution is -2.31. The van der Waals surface area contributed by atoms with Crippen LogP contribution in [0.1, 0.15) is 17.4 Å².